The fraction of sp³-hybridized carbons (Fsp3) is 0.600. The van der Waals surface area contributed by atoms with E-state index in [1.807, 2.05) is 39.0 Å². The summed E-state index contributed by atoms with van der Waals surface area (Å²) in [4.78, 5) is 26.8. The molecule has 0 aromatic heterocycles. The molecule has 1 aliphatic rings. The van der Waals surface area contributed by atoms with Gasteiger partial charge < -0.3 is 15.3 Å². The van der Waals surface area contributed by atoms with Crippen LogP contribution in [0.5, 0.6) is 0 Å². The van der Waals surface area contributed by atoms with E-state index in [1.54, 1.807) is 0 Å². The van der Waals surface area contributed by atoms with Gasteiger partial charge >= 0.3 is 0 Å². The van der Waals surface area contributed by atoms with E-state index in [0.29, 0.717) is 24.5 Å². The minimum Gasteiger partial charge on any atom is -0.383 e. The summed E-state index contributed by atoms with van der Waals surface area (Å²) < 4.78 is 0. The number of hydrogen-bond acceptors (Lipinski definition) is 3. The average Bonchev–Trinajstić information content (AvgIpc) is 3.07. The third-order valence-electron chi connectivity index (χ3n) is 4.90. The smallest absolute Gasteiger partial charge is 0.252 e. The molecular weight excluding hydrogens is 352 g/mol. The molecule has 2 amide bonds. The minimum absolute atomic E-state index is 0.181. The molecule has 2 atom stereocenters. The average molecular weight is 381 g/mol. The summed E-state index contributed by atoms with van der Waals surface area (Å²) in [6.07, 6.45) is 1.12. The highest BCUT2D eigenvalue weighted by Crippen LogP contribution is 2.25. The van der Waals surface area contributed by atoms with E-state index in [-0.39, 0.29) is 11.8 Å². The first-order valence-corrected chi connectivity index (χ1v) is 9.56. The van der Waals surface area contributed by atoms with Gasteiger partial charge in [0, 0.05) is 18.1 Å². The predicted molar refractivity (Wildman–Crippen MR) is 103 cm³/mol. The number of rotatable bonds is 5. The normalized spacial score (nSPS) is 18.7. The maximum atomic E-state index is 12.7. The molecule has 0 saturated carbocycles. The summed E-state index contributed by atoms with van der Waals surface area (Å²) in [5.74, 6) is -0.550. The van der Waals surface area contributed by atoms with Crippen LogP contribution < -0.4 is 5.32 Å². The van der Waals surface area contributed by atoms with Gasteiger partial charge in [-0.3, -0.25) is 9.59 Å². The molecule has 0 spiro atoms. The molecule has 1 saturated heterocycles. The van der Waals surface area contributed by atoms with Crippen molar-refractivity contribution >= 4 is 23.4 Å². The lowest BCUT2D eigenvalue weighted by Gasteiger charge is -2.31. The molecule has 5 nitrogen and oxygen atoms in total. The summed E-state index contributed by atoms with van der Waals surface area (Å²) in [6, 6.07) is 5.15. The minimum atomic E-state index is -1.12. The number of aryl methyl sites for hydroxylation is 1. The van der Waals surface area contributed by atoms with Crippen LogP contribution in [0.2, 0.25) is 5.02 Å². The summed E-state index contributed by atoms with van der Waals surface area (Å²) in [7, 11) is 0. The number of likely N-dealkylation sites (tertiary alicyclic amines) is 1. The van der Waals surface area contributed by atoms with Crippen LogP contribution in [0.4, 0.5) is 0 Å². The van der Waals surface area contributed by atoms with E-state index in [1.165, 1.54) is 4.90 Å². The molecule has 26 heavy (non-hydrogen) atoms. The molecule has 1 aromatic carbocycles. The maximum absolute atomic E-state index is 12.7. The molecule has 0 aliphatic carbocycles. The van der Waals surface area contributed by atoms with Gasteiger partial charge in [-0.05, 0) is 47.9 Å². The van der Waals surface area contributed by atoms with Crippen LogP contribution in [0.3, 0.4) is 0 Å². The molecule has 144 valence electrons. The van der Waals surface area contributed by atoms with Crippen molar-refractivity contribution in [2.24, 2.45) is 5.41 Å². The Morgan fingerprint density at radius 3 is 2.65 bits per heavy atom. The Hall–Kier alpha value is -1.59. The van der Waals surface area contributed by atoms with E-state index in [2.05, 4.69) is 12.2 Å². The largest absolute Gasteiger partial charge is 0.383 e. The third-order valence-corrected chi connectivity index (χ3v) is 5.13. The number of aliphatic hydroxyl groups excluding tert-OH is 1. The number of amides is 2. The Bertz CT molecular complexity index is 670. The summed E-state index contributed by atoms with van der Waals surface area (Å²) in [6.45, 7) is 8.37. The lowest BCUT2D eigenvalue weighted by molar-refractivity contribution is -0.149. The second-order valence-corrected chi connectivity index (χ2v) is 8.38. The number of benzene rings is 1. The van der Waals surface area contributed by atoms with Crippen molar-refractivity contribution in [1.29, 1.82) is 0 Å². The quantitative estimate of drug-likeness (QED) is 0.825. The molecule has 6 heteroatoms. The number of nitrogens with one attached hydrogen (secondary N) is 1. The first-order chi connectivity index (χ1) is 12.1. The van der Waals surface area contributed by atoms with E-state index < -0.39 is 17.6 Å². The Balaban J connectivity index is 2.05. The standard InChI is InChI=1S/C20H29ClN2O3/c1-5-13-8-9-15(21)11-14(13)12-22-18(25)16-7-6-10-23(16)19(26)17(24)20(2,3)4/h8-9,11,16-17,24H,5-7,10,12H2,1-4H3,(H,22,25)/t16-,17-/m0/s1. The predicted octanol–water partition coefficient (Wildman–Crippen LogP) is 2.92. The second kappa shape index (κ2) is 8.40. The maximum Gasteiger partial charge on any atom is 0.252 e. The summed E-state index contributed by atoms with van der Waals surface area (Å²) in [5.41, 5.74) is 1.56. The molecule has 2 rings (SSSR count). The highest BCUT2D eigenvalue weighted by molar-refractivity contribution is 6.30. The van der Waals surface area contributed by atoms with Gasteiger partial charge in [-0.25, -0.2) is 0 Å². The highest BCUT2D eigenvalue weighted by Gasteiger charge is 2.40. The zero-order valence-electron chi connectivity index (χ0n) is 16.0. The van der Waals surface area contributed by atoms with Crippen LogP contribution in [0.1, 0.15) is 51.7 Å². The SMILES string of the molecule is CCc1ccc(Cl)cc1CNC(=O)[C@@H]1CCCN1C(=O)[C@H](O)C(C)(C)C. The Labute approximate surface area is 160 Å². The molecular formula is C20H29ClN2O3. The first-order valence-electron chi connectivity index (χ1n) is 9.18. The summed E-state index contributed by atoms with van der Waals surface area (Å²) in [5, 5.41) is 13.9. The van der Waals surface area contributed by atoms with Gasteiger partial charge in [0.2, 0.25) is 5.91 Å². The van der Waals surface area contributed by atoms with Crippen LogP contribution in [-0.2, 0) is 22.6 Å². The zero-order chi connectivity index (χ0) is 19.5. The molecule has 0 radical (unpaired) electrons. The molecule has 1 aliphatic heterocycles. The fourth-order valence-electron chi connectivity index (χ4n) is 3.23. The number of aliphatic hydroxyl groups is 1. The van der Waals surface area contributed by atoms with Crippen LogP contribution in [0.25, 0.3) is 0 Å². The van der Waals surface area contributed by atoms with Gasteiger partial charge in [0.25, 0.3) is 5.91 Å². The van der Waals surface area contributed by atoms with Gasteiger partial charge in [0.05, 0.1) is 0 Å². The molecule has 1 aromatic rings. The molecule has 1 fully saturated rings. The molecule has 1 heterocycles. The Morgan fingerprint density at radius 1 is 1.35 bits per heavy atom. The topological polar surface area (TPSA) is 69.6 Å². The Kier molecular flexibility index (Phi) is 6.69. The molecule has 0 unspecified atom stereocenters. The fourth-order valence-corrected chi connectivity index (χ4v) is 3.43. The van der Waals surface area contributed by atoms with Crippen LogP contribution >= 0.6 is 11.6 Å². The van der Waals surface area contributed by atoms with Crippen molar-refractivity contribution in [2.45, 2.75) is 65.6 Å². The van der Waals surface area contributed by atoms with Crippen molar-refractivity contribution < 1.29 is 14.7 Å². The number of nitrogens with zero attached hydrogens (tertiary/aromatic N) is 1. The van der Waals surface area contributed by atoms with E-state index in [9.17, 15) is 14.7 Å². The van der Waals surface area contributed by atoms with Crippen molar-refractivity contribution in [1.82, 2.24) is 10.2 Å². The third kappa shape index (κ3) is 4.77. The molecule has 0 bridgehead atoms. The number of carbonyl (C=O) groups is 2. The van der Waals surface area contributed by atoms with Crippen LogP contribution in [0.15, 0.2) is 18.2 Å². The first kappa shape index (κ1) is 20.7. The highest BCUT2D eigenvalue weighted by atomic mass is 35.5. The molecule has 2 N–H and O–H groups in total. The number of hydrogen-bond donors (Lipinski definition) is 2. The second-order valence-electron chi connectivity index (χ2n) is 7.94. The van der Waals surface area contributed by atoms with Gasteiger partial charge in [-0.2, -0.15) is 0 Å². The van der Waals surface area contributed by atoms with Gasteiger partial charge in [-0.15, -0.1) is 0 Å². The summed E-state index contributed by atoms with van der Waals surface area (Å²) >= 11 is 6.07. The van der Waals surface area contributed by atoms with Crippen LogP contribution in [-0.4, -0.2) is 40.5 Å². The van der Waals surface area contributed by atoms with E-state index in [4.69, 9.17) is 11.6 Å². The van der Waals surface area contributed by atoms with Gasteiger partial charge in [-0.1, -0.05) is 45.4 Å². The Morgan fingerprint density at radius 2 is 2.04 bits per heavy atom. The lowest BCUT2D eigenvalue weighted by atomic mass is 9.88. The number of carbonyl (C=O) groups excluding carboxylic acids is 2. The lowest BCUT2D eigenvalue weighted by Crippen LogP contribution is -2.51. The van der Waals surface area contributed by atoms with Crippen molar-refractivity contribution in [3.05, 3.63) is 34.3 Å². The van der Waals surface area contributed by atoms with Gasteiger partial charge in [0.1, 0.15) is 12.1 Å². The van der Waals surface area contributed by atoms with E-state index >= 15 is 0 Å². The van der Waals surface area contributed by atoms with E-state index in [0.717, 1.165) is 24.0 Å². The van der Waals surface area contributed by atoms with Crippen molar-refractivity contribution in [3.63, 3.8) is 0 Å². The van der Waals surface area contributed by atoms with Gasteiger partial charge in [0.15, 0.2) is 0 Å². The van der Waals surface area contributed by atoms with Crippen molar-refractivity contribution in [3.8, 4) is 0 Å². The number of halogens is 1. The zero-order valence-corrected chi connectivity index (χ0v) is 16.8. The van der Waals surface area contributed by atoms with Crippen molar-refractivity contribution in [2.75, 3.05) is 6.54 Å². The van der Waals surface area contributed by atoms with Crippen LogP contribution in [0, 0.1) is 5.41 Å². The monoisotopic (exact) mass is 380 g/mol.